The van der Waals surface area contributed by atoms with Crippen molar-refractivity contribution in [3.8, 4) is 0 Å². The molecule has 0 aromatic heterocycles. The molecular formula is C7H15BF3KO5. The SMILES string of the molecule is CCC(=O)OC(C)(C)C.FOB(OF)OF.[KH]. The molecule has 0 atom stereocenters. The normalized spacial score (nSPS) is 9.59. The molecule has 0 unspecified atom stereocenters. The summed E-state index contributed by atoms with van der Waals surface area (Å²) in [7, 11) is -2.51. The summed E-state index contributed by atoms with van der Waals surface area (Å²) >= 11 is 0. The Morgan fingerprint density at radius 1 is 1.12 bits per heavy atom. The Kier molecular flexibility index (Phi) is 17.9. The quantitative estimate of drug-likeness (QED) is 0.582. The average molecular weight is 286 g/mol. The van der Waals surface area contributed by atoms with Crippen LogP contribution in [-0.2, 0) is 24.1 Å². The van der Waals surface area contributed by atoms with E-state index in [-0.39, 0.29) is 63.0 Å². The van der Waals surface area contributed by atoms with Gasteiger partial charge in [-0.2, -0.15) is 14.6 Å². The third-order valence-corrected chi connectivity index (χ3v) is 0.927. The average Bonchev–Trinajstić information content (AvgIpc) is 2.19. The second-order valence-corrected chi connectivity index (χ2v) is 3.50. The van der Waals surface area contributed by atoms with Gasteiger partial charge in [-0.25, -0.2) is 0 Å². The fourth-order valence-corrected chi connectivity index (χ4v) is 0.455. The maximum atomic E-state index is 10.6. The maximum absolute atomic E-state index is 10.6. The van der Waals surface area contributed by atoms with Gasteiger partial charge in [-0.15, -0.1) is 0 Å². The molecule has 0 fully saturated rings. The molecule has 0 saturated heterocycles. The van der Waals surface area contributed by atoms with Crippen LogP contribution >= 0.6 is 0 Å². The Morgan fingerprint density at radius 3 is 1.53 bits per heavy atom. The van der Waals surface area contributed by atoms with Crippen molar-refractivity contribution in [2.75, 3.05) is 0 Å². The molecule has 0 bridgehead atoms. The minimum atomic E-state index is -2.51. The minimum absolute atomic E-state index is 0. The third kappa shape index (κ3) is 19.4. The number of carbonyl (C=O) groups is 1. The summed E-state index contributed by atoms with van der Waals surface area (Å²) in [6, 6.07) is 0. The van der Waals surface area contributed by atoms with Crippen LogP contribution in [0.5, 0.6) is 0 Å². The summed E-state index contributed by atoms with van der Waals surface area (Å²) in [4.78, 5) is 17.7. The Balaban J connectivity index is -0.000000224. The van der Waals surface area contributed by atoms with Crippen LogP contribution < -0.4 is 0 Å². The van der Waals surface area contributed by atoms with E-state index in [1.165, 1.54) is 0 Å². The van der Waals surface area contributed by atoms with E-state index in [2.05, 4.69) is 14.6 Å². The first-order valence-corrected chi connectivity index (χ1v) is 4.34. The van der Waals surface area contributed by atoms with Crippen LogP contribution in [0.1, 0.15) is 34.1 Å². The van der Waals surface area contributed by atoms with Crippen molar-refractivity contribution in [1.29, 1.82) is 0 Å². The molecule has 0 heterocycles. The molecule has 0 N–H and O–H groups in total. The van der Waals surface area contributed by atoms with Crippen molar-refractivity contribution in [2.24, 2.45) is 0 Å². The van der Waals surface area contributed by atoms with Crippen molar-refractivity contribution >= 4 is 64.7 Å². The monoisotopic (exact) mass is 286 g/mol. The molecule has 0 radical (unpaired) electrons. The summed E-state index contributed by atoms with van der Waals surface area (Å²) < 4.78 is 36.2. The molecule has 98 valence electrons. The van der Waals surface area contributed by atoms with Gasteiger partial charge in [-0.3, -0.25) is 4.79 Å². The van der Waals surface area contributed by atoms with Crippen LogP contribution in [0.25, 0.3) is 0 Å². The summed E-state index contributed by atoms with van der Waals surface area (Å²) in [5.41, 5.74) is -0.326. The van der Waals surface area contributed by atoms with E-state index >= 15 is 0 Å². The Hall–Kier alpha value is 0.841. The molecule has 0 aliphatic rings. The van der Waals surface area contributed by atoms with Crippen molar-refractivity contribution in [1.82, 2.24) is 0 Å². The fraction of sp³-hybridized carbons (Fsp3) is 0.857. The summed E-state index contributed by atoms with van der Waals surface area (Å²) in [5.74, 6) is -0.137. The molecular weight excluding hydrogens is 271 g/mol. The van der Waals surface area contributed by atoms with E-state index in [1.54, 1.807) is 6.92 Å². The Labute approximate surface area is 141 Å². The second-order valence-electron chi connectivity index (χ2n) is 3.50. The number of rotatable bonds is 4. The fourth-order valence-electron chi connectivity index (χ4n) is 0.455. The van der Waals surface area contributed by atoms with E-state index in [4.69, 9.17) is 4.74 Å². The van der Waals surface area contributed by atoms with E-state index in [9.17, 15) is 18.4 Å². The van der Waals surface area contributed by atoms with Gasteiger partial charge in [0, 0.05) is 6.42 Å². The Bertz CT molecular complexity index is 183. The molecule has 0 saturated carbocycles. The molecule has 0 spiro atoms. The van der Waals surface area contributed by atoms with Gasteiger partial charge in [0.05, 0.1) is 0 Å². The first kappa shape index (κ1) is 23.0. The van der Waals surface area contributed by atoms with E-state index < -0.39 is 7.32 Å². The standard InChI is InChI=1S/C7H14O2.BF3O3.K.H/c1-5-6(8)9-7(2,3)4;2-5-1(6-3)7-4;;/h5H2,1-4H3;;;. The molecule has 0 aliphatic carbocycles. The predicted molar refractivity (Wildman–Crippen MR) is 55.6 cm³/mol. The van der Waals surface area contributed by atoms with Crippen molar-refractivity contribution in [3.63, 3.8) is 0 Å². The van der Waals surface area contributed by atoms with Gasteiger partial charge in [-0.05, 0) is 20.8 Å². The summed E-state index contributed by atoms with van der Waals surface area (Å²) in [6.45, 7) is 7.37. The van der Waals surface area contributed by atoms with Crippen LogP contribution in [-0.4, -0.2) is 70.3 Å². The number of esters is 1. The zero-order valence-corrected chi connectivity index (χ0v) is 9.46. The summed E-state index contributed by atoms with van der Waals surface area (Å²) in [5, 5.41) is 0. The number of carbonyl (C=O) groups excluding carboxylic acids is 1. The number of hydrogen-bond acceptors (Lipinski definition) is 5. The first-order chi connectivity index (χ1) is 7.30. The van der Waals surface area contributed by atoms with Crippen molar-refractivity contribution in [2.45, 2.75) is 39.7 Å². The first-order valence-electron chi connectivity index (χ1n) is 4.34. The second kappa shape index (κ2) is 13.3. The number of ether oxygens (including phenoxy) is 1. The molecule has 10 heteroatoms. The van der Waals surface area contributed by atoms with Gasteiger partial charge in [0.15, 0.2) is 0 Å². The molecule has 17 heavy (non-hydrogen) atoms. The molecule has 0 aliphatic heterocycles. The van der Waals surface area contributed by atoms with Crippen LogP contribution in [0, 0.1) is 0 Å². The van der Waals surface area contributed by atoms with Gasteiger partial charge in [0.2, 0.25) is 0 Å². The van der Waals surface area contributed by atoms with Gasteiger partial charge < -0.3 is 4.74 Å². The van der Waals surface area contributed by atoms with Gasteiger partial charge in [-0.1, -0.05) is 20.5 Å². The molecule has 0 aromatic rings. The molecule has 0 aromatic carbocycles. The van der Waals surface area contributed by atoms with E-state index in [0.717, 1.165) is 0 Å². The van der Waals surface area contributed by atoms with Gasteiger partial charge in [0.1, 0.15) is 5.60 Å². The predicted octanol–water partition coefficient (Wildman–Crippen LogP) is 1.76. The zero-order valence-electron chi connectivity index (χ0n) is 9.46. The van der Waals surface area contributed by atoms with Crippen molar-refractivity contribution in [3.05, 3.63) is 0 Å². The van der Waals surface area contributed by atoms with Crippen molar-refractivity contribution < 1.29 is 37.7 Å². The number of hydrogen-bond donors (Lipinski definition) is 0. The van der Waals surface area contributed by atoms with Crippen LogP contribution in [0.2, 0.25) is 0 Å². The van der Waals surface area contributed by atoms with Gasteiger partial charge >= 0.3 is 64.7 Å². The topological polar surface area (TPSA) is 54.0 Å². The van der Waals surface area contributed by atoms with Crippen LogP contribution in [0.15, 0.2) is 0 Å². The zero-order chi connectivity index (χ0) is 13.2. The molecule has 5 nitrogen and oxygen atoms in total. The summed E-state index contributed by atoms with van der Waals surface area (Å²) in [6.07, 6.45) is 0.456. The number of halogens is 3. The molecule has 0 rings (SSSR count). The Morgan fingerprint density at radius 2 is 1.47 bits per heavy atom. The van der Waals surface area contributed by atoms with Gasteiger partial charge in [0.25, 0.3) is 0 Å². The molecule has 0 amide bonds. The van der Waals surface area contributed by atoms with E-state index in [0.29, 0.717) is 6.42 Å². The van der Waals surface area contributed by atoms with E-state index in [1.807, 2.05) is 20.8 Å². The third-order valence-electron chi connectivity index (χ3n) is 0.927. The van der Waals surface area contributed by atoms with Crippen LogP contribution in [0.4, 0.5) is 13.6 Å². The van der Waals surface area contributed by atoms with Crippen LogP contribution in [0.3, 0.4) is 0 Å².